The lowest BCUT2D eigenvalue weighted by Crippen LogP contribution is -2.26. The summed E-state index contributed by atoms with van der Waals surface area (Å²) in [5, 5.41) is 0. The van der Waals surface area contributed by atoms with Gasteiger partial charge in [0.25, 0.3) is 0 Å². The number of guanidine groups is 1. The molecule has 0 amide bonds. The van der Waals surface area contributed by atoms with Crippen LogP contribution in [0.25, 0.3) is 0 Å². The topological polar surface area (TPSA) is 73.6 Å². The molecule has 1 aromatic rings. The van der Waals surface area contributed by atoms with Crippen LogP contribution in [0.2, 0.25) is 0 Å². The number of rotatable bonds is 4. The summed E-state index contributed by atoms with van der Waals surface area (Å²) in [5.74, 6) is 0.924. The van der Waals surface area contributed by atoms with Crippen molar-refractivity contribution < 1.29 is 4.74 Å². The molecule has 82 valence electrons. The van der Waals surface area contributed by atoms with E-state index in [9.17, 15) is 0 Å². The Bertz CT molecular complexity index is 328. The van der Waals surface area contributed by atoms with E-state index in [2.05, 4.69) is 4.99 Å². The molecular weight excluding hydrogens is 190 g/mol. The van der Waals surface area contributed by atoms with Gasteiger partial charge in [-0.2, -0.15) is 0 Å². The third-order valence-electron chi connectivity index (χ3n) is 1.89. The molecule has 1 rings (SSSR count). The van der Waals surface area contributed by atoms with E-state index in [1.54, 1.807) is 0 Å². The lowest BCUT2D eigenvalue weighted by molar-refractivity contribution is 0.230. The van der Waals surface area contributed by atoms with Gasteiger partial charge >= 0.3 is 0 Å². The second-order valence-electron chi connectivity index (χ2n) is 3.51. The maximum Gasteiger partial charge on any atom is 0.186 e. The highest BCUT2D eigenvalue weighted by molar-refractivity contribution is 5.75. The molecule has 0 aliphatic heterocycles. The molecule has 0 spiro atoms. The molecule has 0 fully saturated rings. The number of ether oxygens (including phenoxy) is 1. The van der Waals surface area contributed by atoms with Crippen LogP contribution in [0.3, 0.4) is 0 Å². The van der Waals surface area contributed by atoms with Crippen LogP contribution in [-0.4, -0.2) is 18.6 Å². The largest absolute Gasteiger partial charge is 0.489 e. The van der Waals surface area contributed by atoms with E-state index in [-0.39, 0.29) is 12.1 Å². The van der Waals surface area contributed by atoms with Crippen LogP contribution in [0.1, 0.15) is 12.5 Å². The molecule has 4 N–H and O–H groups in total. The highest BCUT2D eigenvalue weighted by atomic mass is 16.5. The minimum Gasteiger partial charge on any atom is -0.489 e. The van der Waals surface area contributed by atoms with E-state index in [0.29, 0.717) is 6.54 Å². The van der Waals surface area contributed by atoms with Crippen molar-refractivity contribution in [3.8, 4) is 5.75 Å². The standard InChI is InChI=1S/C11H17N3O/c1-8-3-5-10(6-4-8)15-9(2)7-14-11(12)13/h3-6,9H,7H2,1-2H3,(H4,12,13,14). The van der Waals surface area contributed by atoms with Crippen molar-refractivity contribution in [1.82, 2.24) is 0 Å². The van der Waals surface area contributed by atoms with Gasteiger partial charge < -0.3 is 16.2 Å². The Morgan fingerprint density at radius 3 is 2.47 bits per heavy atom. The van der Waals surface area contributed by atoms with Crippen LogP contribution in [0.4, 0.5) is 0 Å². The van der Waals surface area contributed by atoms with Crippen molar-refractivity contribution in [2.75, 3.05) is 6.54 Å². The van der Waals surface area contributed by atoms with Gasteiger partial charge in [0, 0.05) is 0 Å². The molecule has 1 aromatic carbocycles. The van der Waals surface area contributed by atoms with Crippen molar-refractivity contribution in [3.05, 3.63) is 29.8 Å². The predicted octanol–water partition coefficient (Wildman–Crippen LogP) is 1.04. The molecule has 0 saturated carbocycles. The maximum atomic E-state index is 5.60. The maximum absolute atomic E-state index is 5.60. The molecule has 0 aromatic heterocycles. The number of hydrogen-bond donors (Lipinski definition) is 2. The van der Waals surface area contributed by atoms with Gasteiger partial charge in [0.05, 0.1) is 6.54 Å². The summed E-state index contributed by atoms with van der Waals surface area (Å²) < 4.78 is 5.60. The van der Waals surface area contributed by atoms with Gasteiger partial charge in [0.2, 0.25) is 0 Å². The van der Waals surface area contributed by atoms with Gasteiger partial charge in [0.1, 0.15) is 11.9 Å². The molecule has 0 saturated heterocycles. The van der Waals surface area contributed by atoms with Gasteiger partial charge in [-0.05, 0) is 26.0 Å². The Morgan fingerprint density at radius 2 is 1.93 bits per heavy atom. The first-order chi connectivity index (χ1) is 7.08. The van der Waals surface area contributed by atoms with Crippen molar-refractivity contribution >= 4 is 5.96 Å². The summed E-state index contributed by atoms with van der Waals surface area (Å²) in [5.41, 5.74) is 11.7. The molecule has 0 aliphatic carbocycles. The molecule has 1 atom stereocenters. The number of nitrogens with zero attached hydrogens (tertiary/aromatic N) is 1. The lowest BCUT2D eigenvalue weighted by Gasteiger charge is -2.12. The quantitative estimate of drug-likeness (QED) is 0.572. The molecule has 0 radical (unpaired) electrons. The zero-order valence-corrected chi connectivity index (χ0v) is 9.10. The number of hydrogen-bond acceptors (Lipinski definition) is 2. The Hall–Kier alpha value is -1.71. The smallest absolute Gasteiger partial charge is 0.186 e. The summed E-state index contributed by atoms with van der Waals surface area (Å²) in [4.78, 5) is 3.89. The Kier molecular flexibility index (Phi) is 3.97. The van der Waals surface area contributed by atoms with Crippen molar-refractivity contribution in [3.63, 3.8) is 0 Å². The molecule has 15 heavy (non-hydrogen) atoms. The Labute approximate surface area is 89.9 Å². The molecule has 0 heterocycles. The highest BCUT2D eigenvalue weighted by Crippen LogP contribution is 2.13. The first-order valence-electron chi connectivity index (χ1n) is 4.86. The number of aliphatic imine (C=N–C) groups is 1. The monoisotopic (exact) mass is 207 g/mol. The van der Waals surface area contributed by atoms with Gasteiger partial charge in [-0.25, -0.2) is 4.99 Å². The van der Waals surface area contributed by atoms with E-state index >= 15 is 0 Å². The van der Waals surface area contributed by atoms with E-state index in [1.165, 1.54) is 5.56 Å². The van der Waals surface area contributed by atoms with E-state index in [4.69, 9.17) is 16.2 Å². The molecule has 1 unspecified atom stereocenters. The zero-order valence-electron chi connectivity index (χ0n) is 9.10. The highest BCUT2D eigenvalue weighted by Gasteiger charge is 2.02. The van der Waals surface area contributed by atoms with E-state index in [0.717, 1.165) is 5.75 Å². The molecular formula is C11H17N3O. The SMILES string of the molecule is Cc1ccc(OC(C)CN=C(N)N)cc1. The predicted molar refractivity (Wildman–Crippen MR) is 61.9 cm³/mol. The fourth-order valence-corrected chi connectivity index (χ4v) is 1.12. The van der Waals surface area contributed by atoms with Crippen molar-refractivity contribution in [1.29, 1.82) is 0 Å². The molecule has 4 heteroatoms. The van der Waals surface area contributed by atoms with Crippen LogP contribution >= 0.6 is 0 Å². The molecule has 0 aliphatic rings. The average Bonchev–Trinajstić information content (AvgIpc) is 2.19. The number of benzene rings is 1. The van der Waals surface area contributed by atoms with E-state index < -0.39 is 0 Å². The third kappa shape index (κ3) is 4.35. The van der Waals surface area contributed by atoms with Crippen LogP contribution in [0.5, 0.6) is 5.75 Å². The van der Waals surface area contributed by atoms with Crippen LogP contribution in [0.15, 0.2) is 29.3 Å². The fourth-order valence-electron chi connectivity index (χ4n) is 1.12. The van der Waals surface area contributed by atoms with Gasteiger partial charge in [-0.1, -0.05) is 17.7 Å². The van der Waals surface area contributed by atoms with Crippen LogP contribution in [-0.2, 0) is 0 Å². The van der Waals surface area contributed by atoms with Gasteiger partial charge in [-0.15, -0.1) is 0 Å². The normalized spacial score (nSPS) is 11.9. The van der Waals surface area contributed by atoms with Gasteiger partial charge in [-0.3, -0.25) is 0 Å². The second kappa shape index (κ2) is 5.24. The summed E-state index contributed by atoms with van der Waals surface area (Å²) >= 11 is 0. The first kappa shape index (κ1) is 11.4. The Balaban J connectivity index is 2.47. The first-order valence-corrected chi connectivity index (χ1v) is 4.86. The van der Waals surface area contributed by atoms with Crippen LogP contribution < -0.4 is 16.2 Å². The van der Waals surface area contributed by atoms with Crippen molar-refractivity contribution in [2.24, 2.45) is 16.5 Å². The fraction of sp³-hybridized carbons (Fsp3) is 0.364. The third-order valence-corrected chi connectivity index (χ3v) is 1.89. The lowest BCUT2D eigenvalue weighted by atomic mass is 10.2. The summed E-state index contributed by atoms with van der Waals surface area (Å²) in [6.07, 6.45) is -0.0326. The summed E-state index contributed by atoms with van der Waals surface area (Å²) in [6, 6.07) is 7.87. The minimum atomic E-state index is -0.0326. The molecule has 0 bridgehead atoms. The average molecular weight is 207 g/mol. The van der Waals surface area contributed by atoms with Crippen LogP contribution in [0, 0.1) is 6.92 Å². The summed E-state index contributed by atoms with van der Waals surface area (Å²) in [7, 11) is 0. The number of aryl methyl sites for hydroxylation is 1. The minimum absolute atomic E-state index is 0.0326. The summed E-state index contributed by atoms with van der Waals surface area (Å²) in [6.45, 7) is 4.43. The molecule has 4 nitrogen and oxygen atoms in total. The van der Waals surface area contributed by atoms with Crippen molar-refractivity contribution in [2.45, 2.75) is 20.0 Å². The van der Waals surface area contributed by atoms with E-state index in [1.807, 2.05) is 38.1 Å². The van der Waals surface area contributed by atoms with Gasteiger partial charge in [0.15, 0.2) is 5.96 Å². The second-order valence-corrected chi connectivity index (χ2v) is 3.51. The zero-order chi connectivity index (χ0) is 11.3. The number of nitrogens with two attached hydrogens (primary N) is 2. The Morgan fingerprint density at radius 1 is 1.33 bits per heavy atom.